The fourth-order valence-corrected chi connectivity index (χ4v) is 2.29. The Morgan fingerprint density at radius 3 is 2.80 bits per heavy atom. The van der Waals surface area contributed by atoms with Crippen molar-refractivity contribution in [3.8, 4) is 0 Å². The molecule has 0 saturated carbocycles. The Hall–Kier alpha value is -1.66. The van der Waals surface area contributed by atoms with Crippen LogP contribution in [0.4, 0.5) is 5.82 Å². The van der Waals surface area contributed by atoms with Crippen molar-refractivity contribution in [1.29, 1.82) is 0 Å². The number of nitrogens with zero attached hydrogens (tertiary/aromatic N) is 3. The Balaban J connectivity index is 2.00. The second kappa shape index (κ2) is 7.21. The van der Waals surface area contributed by atoms with Crippen molar-refractivity contribution >= 4 is 11.7 Å². The van der Waals surface area contributed by atoms with Gasteiger partial charge in [-0.25, -0.2) is 4.98 Å². The van der Waals surface area contributed by atoms with Crippen molar-refractivity contribution in [2.24, 2.45) is 0 Å². The lowest BCUT2D eigenvalue weighted by molar-refractivity contribution is -0.120. The largest absolute Gasteiger partial charge is 0.354 e. The average Bonchev–Trinajstić information content (AvgIpc) is 2.47. The first-order valence-corrected chi connectivity index (χ1v) is 6.99. The maximum atomic E-state index is 11.5. The third kappa shape index (κ3) is 3.91. The van der Waals surface area contributed by atoms with Crippen LogP contribution in [0.2, 0.25) is 0 Å². The van der Waals surface area contributed by atoms with Crippen LogP contribution in [0.3, 0.4) is 0 Å². The minimum absolute atomic E-state index is 0.000630. The molecule has 6 nitrogen and oxygen atoms in total. The van der Waals surface area contributed by atoms with E-state index in [4.69, 9.17) is 0 Å². The number of carbonyl (C=O) groups is 1. The molecule has 1 fully saturated rings. The number of aromatic nitrogens is 1. The number of rotatable bonds is 5. The van der Waals surface area contributed by atoms with E-state index in [2.05, 4.69) is 32.5 Å². The van der Waals surface area contributed by atoms with E-state index in [9.17, 15) is 4.79 Å². The molecule has 1 aromatic rings. The van der Waals surface area contributed by atoms with E-state index in [0.29, 0.717) is 13.1 Å². The molecule has 2 N–H and O–H groups in total. The number of piperazine rings is 1. The van der Waals surface area contributed by atoms with E-state index < -0.39 is 0 Å². The zero-order chi connectivity index (χ0) is 14.4. The van der Waals surface area contributed by atoms with Crippen molar-refractivity contribution in [3.05, 3.63) is 23.9 Å². The van der Waals surface area contributed by atoms with Gasteiger partial charge in [0.15, 0.2) is 0 Å². The molecule has 6 heteroatoms. The van der Waals surface area contributed by atoms with Gasteiger partial charge in [0.1, 0.15) is 5.82 Å². The third-order valence-corrected chi connectivity index (χ3v) is 3.48. The van der Waals surface area contributed by atoms with Gasteiger partial charge in [-0.3, -0.25) is 4.79 Å². The van der Waals surface area contributed by atoms with Crippen LogP contribution >= 0.6 is 0 Å². The zero-order valence-corrected chi connectivity index (χ0v) is 12.2. The van der Waals surface area contributed by atoms with E-state index in [1.54, 1.807) is 7.05 Å². The summed E-state index contributed by atoms with van der Waals surface area (Å²) < 4.78 is 0. The highest BCUT2D eigenvalue weighted by atomic mass is 16.1. The molecule has 1 aromatic heterocycles. The first-order chi connectivity index (χ1) is 9.70. The van der Waals surface area contributed by atoms with Gasteiger partial charge in [-0.2, -0.15) is 0 Å². The molecule has 1 saturated heterocycles. The molecular formula is C14H23N5O. The fraction of sp³-hybridized carbons (Fsp3) is 0.571. The maximum absolute atomic E-state index is 11.5. The van der Waals surface area contributed by atoms with Crippen LogP contribution in [0, 0.1) is 0 Å². The summed E-state index contributed by atoms with van der Waals surface area (Å²) in [4.78, 5) is 20.6. The van der Waals surface area contributed by atoms with Crippen LogP contribution in [0.1, 0.15) is 5.56 Å². The predicted octanol–water partition coefficient (Wildman–Crippen LogP) is -0.331. The second-order valence-electron chi connectivity index (χ2n) is 5.08. The lowest BCUT2D eigenvalue weighted by Crippen LogP contribution is -2.45. The molecule has 1 amide bonds. The molecule has 2 heterocycles. The molecule has 110 valence electrons. The highest BCUT2D eigenvalue weighted by Gasteiger charge is 2.17. The Kier molecular flexibility index (Phi) is 5.31. The number of hydrogen-bond acceptors (Lipinski definition) is 5. The van der Waals surface area contributed by atoms with Crippen LogP contribution in [0.25, 0.3) is 0 Å². The standard InChI is InChI=1S/C14H23N5O/c1-15-11-13(20)17-10-12-4-3-5-16-14(12)19-8-6-18(2)7-9-19/h3-5,15H,6-11H2,1-2H3,(H,17,20). The molecule has 0 bridgehead atoms. The van der Waals surface area contributed by atoms with Gasteiger partial charge in [0.05, 0.1) is 6.54 Å². The van der Waals surface area contributed by atoms with Crippen LogP contribution in [0.5, 0.6) is 0 Å². The van der Waals surface area contributed by atoms with Gasteiger partial charge in [-0.05, 0) is 20.2 Å². The number of hydrogen-bond donors (Lipinski definition) is 2. The Labute approximate surface area is 120 Å². The zero-order valence-electron chi connectivity index (χ0n) is 12.2. The predicted molar refractivity (Wildman–Crippen MR) is 79.7 cm³/mol. The van der Waals surface area contributed by atoms with Crippen LogP contribution < -0.4 is 15.5 Å². The van der Waals surface area contributed by atoms with E-state index >= 15 is 0 Å². The number of likely N-dealkylation sites (N-methyl/N-ethyl adjacent to an activating group) is 2. The second-order valence-corrected chi connectivity index (χ2v) is 5.08. The Morgan fingerprint density at radius 1 is 1.35 bits per heavy atom. The Bertz CT molecular complexity index is 443. The van der Waals surface area contributed by atoms with Gasteiger partial charge in [0, 0.05) is 44.5 Å². The number of pyridine rings is 1. The average molecular weight is 277 g/mol. The molecule has 0 aromatic carbocycles. The lowest BCUT2D eigenvalue weighted by atomic mass is 10.2. The third-order valence-electron chi connectivity index (χ3n) is 3.48. The molecule has 1 aliphatic rings. The molecule has 2 rings (SSSR count). The number of amides is 1. The van der Waals surface area contributed by atoms with Gasteiger partial charge in [-0.15, -0.1) is 0 Å². The van der Waals surface area contributed by atoms with Gasteiger partial charge < -0.3 is 20.4 Å². The van der Waals surface area contributed by atoms with Crippen LogP contribution in [0.15, 0.2) is 18.3 Å². The van der Waals surface area contributed by atoms with Crippen molar-refractivity contribution in [2.45, 2.75) is 6.54 Å². The number of anilines is 1. The highest BCUT2D eigenvalue weighted by Crippen LogP contribution is 2.18. The summed E-state index contributed by atoms with van der Waals surface area (Å²) in [7, 11) is 3.90. The molecular weight excluding hydrogens is 254 g/mol. The van der Waals surface area contributed by atoms with Gasteiger partial charge >= 0.3 is 0 Å². The first-order valence-electron chi connectivity index (χ1n) is 6.99. The molecule has 0 radical (unpaired) electrons. The molecule has 0 unspecified atom stereocenters. The molecule has 0 aliphatic carbocycles. The van der Waals surface area contributed by atoms with Crippen molar-refractivity contribution < 1.29 is 4.79 Å². The minimum atomic E-state index is 0.000630. The Morgan fingerprint density at radius 2 is 2.10 bits per heavy atom. The van der Waals surface area contributed by atoms with Crippen molar-refractivity contribution in [1.82, 2.24) is 20.5 Å². The summed E-state index contributed by atoms with van der Waals surface area (Å²) in [6.07, 6.45) is 1.81. The van der Waals surface area contributed by atoms with E-state index in [1.165, 1.54) is 0 Å². The summed E-state index contributed by atoms with van der Waals surface area (Å²) in [5.41, 5.74) is 1.07. The van der Waals surface area contributed by atoms with Crippen molar-refractivity contribution in [3.63, 3.8) is 0 Å². The number of carbonyl (C=O) groups excluding carboxylic acids is 1. The molecule has 0 spiro atoms. The van der Waals surface area contributed by atoms with Crippen LogP contribution in [-0.4, -0.2) is 62.6 Å². The quantitative estimate of drug-likeness (QED) is 0.772. The molecule has 20 heavy (non-hydrogen) atoms. The van der Waals surface area contributed by atoms with Gasteiger partial charge in [0.25, 0.3) is 0 Å². The highest BCUT2D eigenvalue weighted by molar-refractivity contribution is 5.78. The summed E-state index contributed by atoms with van der Waals surface area (Å²) in [6.45, 7) is 4.90. The van der Waals surface area contributed by atoms with Gasteiger partial charge in [0.2, 0.25) is 5.91 Å². The van der Waals surface area contributed by atoms with E-state index in [1.807, 2.05) is 18.3 Å². The van der Waals surface area contributed by atoms with E-state index in [-0.39, 0.29) is 5.91 Å². The van der Waals surface area contributed by atoms with E-state index in [0.717, 1.165) is 37.6 Å². The van der Waals surface area contributed by atoms with Gasteiger partial charge in [-0.1, -0.05) is 6.07 Å². The normalized spacial score (nSPS) is 16.2. The number of nitrogens with one attached hydrogen (secondary N) is 2. The smallest absolute Gasteiger partial charge is 0.234 e. The minimum Gasteiger partial charge on any atom is -0.354 e. The fourth-order valence-electron chi connectivity index (χ4n) is 2.29. The molecule has 0 atom stereocenters. The van der Waals surface area contributed by atoms with Crippen LogP contribution in [-0.2, 0) is 11.3 Å². The maximum Gasteiger partial charge on any atom is 0.234 e. The first kappa shape index (κ1) is 14.7. The summed E-state index contributed by atoms with van der Waals surface area (Å²) in [6, 6.07) is 3.94. The SMILES string of the molecule is CNCC(=O)NCc1cccnc1N1CCN(C)CC1. The topological polar surface area (TPSA) is 60.5 Å². The summed E-state index contributed by atoms with van der Waals surface area (Å²) in [5, 5.41) is 5.75. The monoisotopic (exact) mass is 277 g/mol. The summed E-state index contributed by atoms with van der Waals surface area (Å²) in [5.74, 6) is 0.992. The molecule has 1 aliphatic heterocycles. The van der Waals surface area contributed by atoms with Crippen molar-refractivity contribution in [2.75, 3.05) is 51.7 Å². The lowest BCUT2D eigenvalue weighted by Gasteiger charge is -2.34. The summed E-state index contributed by atoms with van der Waals surface area (Å²) >= 11 is 0.